The molecule has 7 aromatic rings. The fourth-order valence-corrected chi connectivity index (χ4v) is 11.1. The Kier molecular flexibility index (Phi) is 18.9. The van der Waals surface area contributed by atoms with Crippen molar-refractivity contribution in [3.05, 3.63) is 130 Å². The molecule has 4 saturated heterocycles. The summed E-state index contributed by atoms with van der Waals surface area (Å²) >= 11 is 0. The number of carbonyl (C=O) groups excluding carboxylic acids is 2. The van der Waals surface area contributed by atoms with E-state index in [-0.39, 0.29) is 30.6 Å². The van der Waals surface area contributed by atoms with E-state index in [1.54, 1.807) is 25.5 Å². The standard InChI is InChI=1S/C43H50FN9O3.C14H15N3O2.C6H11NO/c1-5-31(44)17-38-30(20-46-49-38)16-36-35(28-10-11-28)19-37-40(41(36)55-24-27-6-8-29(9-7-27)39-23-53(51-50-39)26(4)25(2)3)47-43(56-34-12-14-54-15-13-34)48-42(37)52-22-32-18-33(52)21-45-32;1-10-14(16-7-6-15-10)12-4-2-11(3-5-12)13(8-18)17-9-19;1-6-3-2-4-7(6)5-8/h5-9,16-17,19-20,23,25-26,28,32-34,45,49H,10-15,18,21-22,24H2,1-4H3;2-7,9,13,18H,8H2,1H3,(H,17,19);5-6H,2-4H2,1H3/b30-16+,31-5-,38-17+;;. The Morgan fingerprint density at radius 2 is 1.76 bits per heavy atom. The third-order valence-electron chi connectivity index (χ3n) is 16.5. The van der Waals surface area contributed by atoms with E-state index >= 15 is 0 Å². The van der Waals surface area contributed by atoms with Gasteiger partial charge in [-0.15, -0.1) is 5.10 Å². The van der Waals surface area contributed by atoms with Gasteiger partial charge in [0.05, 0.1) is 61.0 Å². The van der Waals surface area contributed by atoms with Crippen LogP contribution in [0.1, 0.15) is 126 Å². The quantitative estimate of drug-likeness (QED) is 0.0604. The lowest BCUT2D eigenvalue weighted by atomic mass is 9.97. The van der Waals surface area contributed by atoms with Gasteiger partial charge in [0.2, 0.25) is 12.8 Å². The number of ether oxygens (including phenoxy) is 3. The Morgan fingerprint density at radius 1 is 0.988 bits per heavy atom. The first-order valence-corrected chi connectivity index (χ1v) is 29.1. The number of nitrogens with zero attached hydrogens (tertiary/aromatic N) is 10. The molecule has 8 heterocycles. The molecular formula is C63H76FN13O6. The Hall–Kier alpha value is -7.94. The van der Waals surface area contributed by atoms with Crippen LogP contribution in [0.2, 0.25) is 0 Å². The second kappa shape index (κ2) is 27.0. The average molecular weight is 1130 g/mol. The zero-order valence-corrected chi connectivity index (χ0v) is 48.2. The van der Waals surface area contributed by atoms with Crippen molar-refractivity contribution in [1.29, 1.82) is 0 Å². The number of hydrogen-bond donors (Lipinski definition) is 4. The lowest BCUT2D eigenvalue weighted by molar-refractivity contribution is -0.118. The molecule has 2 amide bonds. The monoisotopic (exact) mass is 1130 g/mol. The zero-order valence-electron chi connectivity index (χ0n) is 48.2. The smallest absolute Gasteiger partial charge is 0.319 e. The second-order valence-corrected chi connectivity index (χ2v) is 22.5. The van der Waals surface area contributed by atoms with Crippen molar-refractivity contribution in [2.24, 2.45) is 5.92 Å². The number of nitrogens with one attached hydrogen (secondary N) is 3. The van der Waals surface area contributed by atoms with Crippen molar-refractivity contribution in [1.82, 2.24) is 60.7 Å². The van der Waals surface area contributed by atoms with Crippen LogP contribution in [-0.4, -0.2) is 132 Å². The molecule has 0 spiro atoms. The molecule has 5 aliphatic rings. The van der Waals surface area contributed by atoms with Gasteiger partial charge in [-0.3, -0.25) is 24.7 Å². The molecule has 5 unspecified atom stereocenters. The number of aliphatic hydroxyl groups excluding tert-OH is 1. The van der Waals surface area contributed by atoms with E-state index in [2.05, 4.69) is 110 Å². The number of carbonyl (C=O) groups is 2. The van der Waals surface area contributed by atoms with Crippen LogP contribution in [0.25, 0.3) is 45.6 Å². The molecule has 436 valence electrons. The molecule has 4 aromatic heterocycles. The van der Waals surface area contributed by atoms with Crippen molar-refractivity contribution in [3.8, 4) is 34.3 Å². The third-order valence-corrected chi connectivity index (χ3v) is 16.5. The van der Waals surface area contributed by atoms with Gasteiger partial charge in [0.1, 0.15) is 35.6 Å². The average Bonchev–Trinajstić information content (AvgIpc) is 3.35. The molecule has 1 saturated carbocycles. The van der Waals surface area contributed by atoms with Gasteiger partial charge in [0.25, 0.3) is 0 Å². The number of aliphatic hydroxyl groups is 1. The molecule has 1 aliphatic carbocycles. The summed E-state index contributed by atoms with van der Waals surface area (Å²) in [6, 6.07) is 19.6. The minimum absolute atomic E-state index is 0.0360. The van der Waals surface area contributed by atoms with Gasteiger partial charge >= 0.3 is 6.01 Å². The molecule has 0 radical (unpaired) electrons. The van der Waals surface area contributed by atoms with Crippen LogP contribution >= 0.6 is 0 Å². The number of aryl methyl sites for hydroxylation is 1. The number of likely N-dealkylation sites (tertiary alicyclic amines) is 1. The number of amides is 2. The number of anilines is 1. The summed E-state index contributed by atoms with van der Waals surface area (Å²) in [5, 5.41) is 33.8. The van der Waals surface area contributed by atoms with Crippen molar-refractivity contribution >= 4 is 41.7 Å². The maximum atomic E-state index is 14.6. The maximum absolute atomic E-state index is 14.6. The number of rotatable bonds is 18. The molecule has 20 heteroatoms. The maximum Gasteiger partial charge on any atom is 0.319 e. The Morgan fingerprint density at radius 3 is 2.40 bits per heavy atom. The summed E-state index contributed by atoms with van der Waals surface area (Å²) in [5.41, 5.74) is 9.10. The highest BCUT2D eigenvalue weighted by atomic mass is 19.1. The van der Waals surface area contributed by atoms with E-state index in [0.717, 1.165) is 119 Å². The number of halogens is 1. The van der Waals surface area contributed by atoms with Gasteiger partial charge in [-0.1, -0.05) is 73.7 Å². The highest BCUT2D eigenvalue weighted by Crippen LogP contribution is 2.49. The molecule has 5 atom stereocenters. The largest absolute Gasteiger partial charge is 0.486 e. The number of piperazine rings is 1. The fourth-order valence-electron chi connectivity index (χ4n) is 11.1. The molecule has 4 aliphatic heterocycles. The van der Waals surface area contributed by atoms with Crippen molar-refractivity contribution in [2.45, 2.75) is 135 Å². The number of allylic oxidation sites excluding steroid dienone is 2. The van der Waals surface area contributed by atoms with E-state index in [1.165, 1.54) is 30.6 Å². The molecule has 12 rings (SSSR count). The first-order chi connectivity index (χ1) is 40.4. The molecule has 83 heavy (non-hydrogen) atoms. The summed E-state index contributed by atoms with van der Waals surface area (Å²) in [6.07, 6.45) is 20.7. The summed E-state index contributed by atoms with van der Waals surface area (Å²) in [5.74, 6) is 2.00. The van der Waals surface area contributed by atoms with E-state index in [1.807, 2.05) is 47.0 Å². The predicted molar refractivity (Wildman–Crippen MR) is 316 cm³/mol. The lowest BCUT2D eigenvalue weighted by Crippen LogP contribution is -2.44. The van der Waals surface area contributed by atoms with Crippen LogP contribution in [0.15, 0.2) is 91.3 Å². The van der Waals surface area contributed by atoms with E-state index in [0.29, 0.717) is 78.8 Å². The van der Waals surface area contributed by atoms with E-state index < -0.39 is 0 Å². The van der Waals surface area contributed by atoms with Gasteiger partial charge in [-0.2, -0.15) is 15.1 Å². The summed E-state index contributed by atoms with van der Waals surface area (Å²) in [6.45, 7) is 16.4. The minimum atomic E-state index is -0.380. The number of fused-ring (bicyclic) bond motifs is 3. The van der Waals surface area contributed by atoms with E-state index in [4.69, 9.17) is 24.2 Å². The SMILES string of the molecule is C/C=C(F)/C=c1/[nH]nc/c1=C\c1c(C2CC2)cc2c(N3CC4CC3CN4)nc(OC3CCOCC3)nc2c1OCc1ccc(-c2cn(C(C)C(C)C)nn2)cc1.CC1CCCN1C=O.Cc1nccnc1-c1ccc(C(CO)NC=O)cc1. The highest BCUT2D eigenvalue weighted by molar-refractivity contribution is 5.98. The van der Waals surface area contributed by atoms with E-state index in [9.17, 15) is 19.1 Å². The topological polar surface area (TPSA) is 224 Å². The number of benzene rings is 3. The Bertz CT molecular complexity index is 3490. The zero-order chi connectivity index (χ0) is 58.0. The van der Waals surface area contributed by atoms with Crippen LogP contribution in [0.3, 0.4) is 0 Å². The highest BCUT2D eigenvalue weighted by Gasteiger charge is 2.40. The fraction of sp³-hybridized carbons (Fsp3) is 0.444. The van der Waals surface area contributed by atoms with Crippen LogP contribution < -0.4 is 35.6 Å². The van der Waals surface area contributed by atoms with Crippen molar-refractivity contribution < 1.29 is 33.3 Å². The van der Waals surface area contributed by atoms with Gasteiger partial charge < -0.3 is 39.8 Å². The van der Waals surface area contributed by atoms with Crippen LogP contribution in [0.5, 0.6) is 11.8 Å². The van der Waals surface area contributed by atoms with Crippen LogP contribution in [0.4, 0.5) is 10.2 Å². The number of aromatic nitrogens is 9. The normalized spacial score (nSPS) is 20.0. The van der Waals surface area contributed by atoms with Crippen molar-refractivity contribution in [2.75, 3.05) is 44.4 Å². The molecule has 5 fully saturated rings. The molecule has 4 N–H and O–H groups in total. The van der Waals surface area contributed by atoms with Gasteiger partial charge in [0, 0.05) is 90.3 Å². The first-order valence-electron chi connectivity index (χ1n) is 29.1. The first kappa shape index (κ1) is 58.3. The molecular weight excluding hydrogens is 1050 g/mol. The Balaban J connectivity index is 0.000000233. The summed E-state index contributed by atoms with van der Waals surface area (Å²) in [7, 11) is 0. The van der Waals surface area contributed by atoms with Gasteiger partial charge in [-0.25, -0.2) is 9.07 Å². The second-order valence-electron chi connectivity index (χ2n) is 22.5. The molecule has 2 bridgehead atoms. The lowest BCUT2D eigenvalue weighted by Gasteiger charge is -2.30. The molecule has 19 nitrogen and oxygen atoms in total. The minimum Gasteiger partial charge on any atom is -0.486 e. The molecule has 3 aromatic carbocycles. The number of H-pyrrole nitrogens is 1. The van der Waals surface area contributed by atoms with Crippen LogP contribution in [0, 0.1) is 12.8 Å². The van der Waals surface area contributed by atoms with Gasteiger partial charge in [-0.05, 0) is 107 Å². The summed E-state index contributed by atoms with van der Waals surface area (Å²) < 4.78 is 35.7. The van der Waals surface area contributed by atoms with Crippen LogP contribution in [-0.2, 0) is 20.9 Å². The number of hydrogen-bond acceptors (Lipinski definition) is 15. The number of aromatic amines is 1. The van der Waals surface area contributed by atoms with Crippen molar-refractivity contribution in [3.63, 3.8) is 0 Å². The Labute approximate surface area is 483 Å². The van der Waals surface area contributed by atoms with Gasteiger partial charge in [0.15, 0.2) is 5.75 Å². The predicted octanol–water partition coefficient (Wildman–Crippen LogP) is 7.73. The third kappa shape index (κ3) is 13.9. The summed E-state index contributed by atoms with van der Waals surface area (Å²) in [4.78, 5) is 43.7.